The number of carbonyl (C=O) groups excluding carboxylic acids is 3. The fourth-order valence-electron chi connectivity index (χ4n) is 3.36. The number of hydrogen-bond donors (Lipinski definition) is 1. The molecule has 1 aliphatic rings. The van der Waals surface area contributed by atoms with E-state index in [0.29, 0.717) is 29.6 Å². The molecule has 33 heavy (non-hydrogen) atoms. The van der Waals surface area contributed by atoms with Gasteiger partial charge in [0.2, 0.25) is 0 Å². The average Bonchev–Trinajstić information content (AvgIpc) is 3.22. The van der Waals surface area contributed by atoms with Crippen molar-refractivity contribution < 1.29 is 23.5 Å². The smallest absolute Gasteiger partial charge is 0.335 e. The van der Waals surface area contributed by atoms with E-state index >= 15 is 0 Å². The number of nitrogens with zero attached hydrogens (tertiary/aromatic N) is 2. The second kappa shape index (κ2) is 9.30. The van der Waals surface area contributed by atoms with E-state index < -0.39 is 23.7 Å². The first-order valence-corrected chi connectivity index (χ1v) is 10.4. The van der Waals surface area contributed by atoms with Crippen molar-refractivity contribution in [2.24, 2.45) is 0 Å². The molecule has 1 fully saturated rings. The van der Waals surface area contributed by atoms with Crippen molar-refractivity contribution in [3.05, 3.63) is 88.5 Å². The predicted molar refractivity (Wildman–Crippen MR) is 122 cm³/mol. The highest BCUT2D eigenvalue weighted by Crippen LogP contribution is 2.23. The van der Waals surface area contributed by atoms with Gasteiger partial charge in [-0.3, -0.25) is 14.9 Å². The third kappa shape index (κ3) is 4.80. The van der Waals surface area contributed by atoms with Crippen LogP contribution in [0.5, 0.6) is 5.75 Å². The average molecular weight is 468 g/mol. The number of anilines is 1. The highest BCUT2D eigenvalue weighted by molar-refractivity contribution is 6.39. The van der Waals surface area contributed by atoms with Gasteiger partial charge >= 0.3 is 6.03 Å². The normalized spacial score (nSPS) is 15.2. The molecule has 1 aliphatic heterocycles. The molecule has 2 aromatic carbocycles. The largest absolute Gasteiger partial charge is 0.492 e. The summed E-state index contributed by atoms with van der Waals surface area (Å²) in [5.41, 5.74) is 1.42. The predicted octanol–water partition coefficient (Wildman–Crippen LogP) is 4.33. The number of aromatic nitrogens is 1. The maximum absolute atomic E-state index is 13.2. The van der Waals surface area contributed by atoms with Crippen LogP contribution in [0.15, 0.2) is 66.4 Å². The van der Waals surface area contributed by atoms with E-state index in [2.05, 4.69) is 5.32 Å². The third-order valence-electron chi connectivity index (χ3n) is 5.07. The molecule has 1 aromatic heterocycles. The Balaban J connectivity index is 1.52. The molecule has 0 radical (unpaired) electrons. The Hall–Kier alpha value is -3.91. The number of ether oxygens (including phenoxy) is 1. The van der Waals surface area contributed by atoms with Crippen LogP contribution >= 0.6 is 11.6 Å². The molecule has 0 unspecified atom stereocenters. The van der Waals surface area contributed by atoms with Crippen LogP contribution in [0.2, 0.25) is 5.02 Å². The number of aryl methyl sites for hydroxylation is 1. The van der Waals surface area contributed by atoms with Gasteiger partial charge in [-0.25, -0.2) is 14.1 Å². The lowest BCUT2D eigenvalue weighted by molar-refractivity contribution is -0.122. The van der Waals surface area contributed by atoms with Gasteiger partial charge in [0.15, 0.2) is 0 Å². The lowest BCUT2D eigenvalue weighted by Gasteiger charge is -2.26. The van der Waals surface area contributed by atoms with Crippen LogP contribution in [0.1, 0.15) is 11.3 Å². The fraction of sp³-hybridized carbons (Fsp3) is 0.125. The summed E-state index contributed by atoms with van der Waals surface area (Å²) in [7, 11) is 0. The molecule has 0 saturated carbocycles. The van der Waals surface area contributed by atoms with Gasteiger partial charge in [0, 0.05) is 16.9 Å². The lowest BCUT2D eigenvalue weighted by atomic mass is 10.1. The molecule has 1 N–H and O–H groups in total. The highest BCUT2D eigenvalue weighted by Gasteiger charge is 2.37. The Bertz CT molecular complexity index is 1270. The van der Waals surface area contributed by atoms with Gasteiger partial charge in [-0.15, -0.1) is 0 Å². The van der Waals surface area contributed by atoms with Crippen LogP contribution < -0.4 is 15.0 Å². The molecule has 1 saturated heterocycles. The topological polar surface area (TPSA) is 80.6 Å². The van der Waals surface area contributed by atoms with Crippen LogP contribution in [-0.4, -0.2) is 29.0 Å². The Kier molecular flexibility index (Phi) is 6.28. The van der Waals surface area contributed by atoms with E-state index in [1.54, 1.807) is 30.5 Å². The number of amides is 4. The van der Waals surface area contributed by atoms with Crippen LogP contribution in [0.3, 0.4) is 0 Å². The summed E-state index contributed by atoms with van der Waals surface area (Å²) in [5.74, 6) is -1.43. The standard InChI is InChI=1S/C24H19ClFN3O4/c1-15-13-19(8-9-21(15)25)33-12-11-28-10-2-3-18(28)14-20-22(30)27-24(32)29(23(20)31)17-6-4-16(26)5-7-17/h2-10,13-14H,11-12H2,1H3,(H,27,30,32). The second-order valence-corrected chi connectivity index (χ2v) is 7.73. The van der Waals surface area contributed by atoms with Crippen molar-refractivity contribution in [2.75, 3.05) is 11.5 Å². The summed E-state index contributed by atoms with van der Waals surface area (Å²) < 4.78 is 20.8. The van der Waals surface area contributed by atoms with Gasteiger partial charge in [0.25, 0.3) is 11.8 Å². The van der Waals surface area contributed by atoms with Crippen molar-refractivity contribution in [3.63, 3.8) is 0 Å². The summed E-state index contributed by atoms with van der Waals surface area (Å²) >= 11 is 6.03. The summed E-state index contributed by atoms with van der Waals surface area (Å²) in [4.78, 5) is 38.4. The molecule has 0 spiro atoms. The first kappa shape index (κ1) is 22.3. The molecule has 4 amide bonds. The van der Waals surface area contributed by atoms with Crippen molar-refractivity contribution in [1.29, 1.82) is 0 Å². The van der Waals surface area contributed by atoms with Crippen LogP contribution in [-0.2, 0) is 16.1 Å². The minimum atomic E-state index is -0.893. The molecule has 0 bridgehead atoms. The number of imide groups is 2. The summed E-state index contributed by atoms with van der Waals surface area (Å²) in [6.07, 6.45) is 3.20. The molecular weight excluding hydrogens is 449 g/mol. The van der Waals surface area contributed by atoms with Crippen LogP contribution in [0.25, 0.3) is 6.08 Å². The number of benzene rings is 2. The second-order valence-electron chi connectivity index (χ2n) is 7.32. The van der Waals surface area contributed by atoms with E-state index in [9.17, 15) is 18.8 Å². The van der Waals surface area contributed by atoms with Gasteiger partial charge in [0.05, 0.1) is 12.2 Å². The van der Waals surface area contributed by atoms with Crippen molar-refractivity contribution in [2.45, 2.75) is 13.5 Å². The number of nitrogens with one attached hydrogen (secondary N) is 1. The van der Waals surface area contributed by atoms with Gasteiger partial charge < -0.3 is 9.30 Å². The lowest BCUT2D eigenvalue weighted by Crippen LogP contribution is -2.54. The quantitative estimate of drug-likeness (QED) is 0.432. The first-order chi connectivity index (χ1) is 15.8. The van der Waals surface area contributed by atoms with Crippen molar-refractivity contribution >= 4 is 41.2 Å². The molecule has 4 rings (SSSR count). The Morgan fingerprint density at radius 1 is 1.09 bits per heavy atom. The number of hydrogen-bond acceptors (Lipinski definition) is 4. The minimum Gasteiger partial charge on any atom is -0.492 e. The SMILES string of the molecule is Cc1cc(OCCn2cccc2C=C2C(=O)NC(=O)N(c3ccc(F)cc3)C2=O)ccc1Cl. The van der Waals surface area contributed by atoms with Crippen molar-refractivity contribution in [3.8, 4) is 5.75 Å². The number of carbonyl (C=O) groups is 3. The molecule has 3 aromatic rings. The Morgan fingerprint density at radius 3 is 2.58 bits per heavy atom. The van der Waals surface area contributed by atoms with E-state index in [1.165, 1.54) is 18.2 Å². The molecule has 168 valence electrons. The van der Waals surface area contributed by atoms with Crippen LogP contribution in [0, 0.1) is 12.7 Å². The zero-order valence-corrected chi connectivity index (χ0v) is 18.3. The molecule has 2 heterocycles. The van der Waals surface area contributed by atoms with E-state index in [1.807, 2.05) is 17.6 Å². The zero-order chi connectivity index (χ0) is 23.5. The number of barbiturate groups is 1. The monoisotopic (exact) mass is 467 g/mol. The third-order valence-corrected chi connectivity index (χ3v) is 5.50. The maximum Gasteiger partial charge on any atom is 0.335 e. The molecular formula is C24H19ClFN3O4. The Labute approximate surface area is 194 Å². The van der Waals surface area contributed by atoms with Gasteiger partial charge in [-0.05, 0) is 73.2 Å². The van der Waals surface area contributed by atoms with E-state index in [4.69, 9.17) is 16.3 Å². The summed E-state index contributed by atoms with van der Waals surface area (Å²) in [6.45, 7) is 2.67. The Morgan fingerprint density at radius 2 is 1.85 bits per heavy atom. The fourth-order valence-corrected chi connectivity index (χ4v) is 3.48. The highest BCUT2D eigenvalue weighted by atomic mass is 35.5. The van der Waals surface area contributed by atoms with Gasteiger partial charge in [0.1, 0.15) is 23.7 Å². The minimum absolute atomic E-state index is 0.152. The molecule has 0 atom stereocenters. The van der Waals surface area contributed by atoms with E-state index in [-0.39, 0.29) is 11.3 Å². The van der Waals surface area contributed by atoms with Crippen LogP contribution in [0.4, 0.5) is 14.9 Å². The van der Waals surface area contributed by atoms with Crippen molar-refractivity contribution in [1.82, 2.24) is 9.88 Å². The van der Waals surface area contributed by atoms with Gasteiger partial charge in [-0.2, -0.15) is 0 Å². The summed E-state index contributed by atoms with van der Waals surface area (Å²) in [5, 5.41) is 2.81. The van der Waals surface area contributed by atoms with E-state index in [0.717, 1.165) is 22.6 Å². The maximum atomic E-state index is 13.2. The first-order valence-electron chi connectivity index (χ1n) is 10.0. The molecule has 7 nitrogen and oxygen atoms in total. The summed E-state index contributed by atoms with van der Waals surface area (Å²) in [6, 6.07) is 12.8. The molecule has 0 aliphatic carbocycles. The van der Waals surface area contributed by atoms with Gasteiger partial charge in [-0.1, -0.05) is 11.6 Å². The molecule has 9 heteroatoms. The number of rotatable bonds is 6. The number of halogens is 2. The zero-order valence-electron chi connectivity index (χ0n) is 17.5. The number of urea groups is 1.